The number of methoxy groups -OCH3 is 2. The highest BCUT2D eigenvalue weighted by atomic mass is 32.2. The van der Waals surface area contributed by atoms with Crippen LogP contribution in [-0.2, 0) is 30.4 Å². The Morgan fingerprint density at radius 1 is 1.06 bits per heavy atom. The second-order valence-electron chi connectivity index (χ2n) is 7.06. The first-order valence-electron chi connectivity index (χ1n) is 9.78. The van der Waals surface area contributed by atoms with Crippen LogP contribution in [0.5, 0.6) is 11.5 Å². The van der Waals surface area contributed by atoms with Gasteiger partial charge in [-0.3, -0.25) is 9.08 Å². The van der Waals surface area contributed by atoms with Crippen LogP contribution >= 0.6 is 0 Å². The van der Waals surface area contributed by atoms with Crippen molar-refractivity contribution in [3.8, 4) is 11.5 Å². The minimum atomic E-state index is -4.12. The monoisotopic (exact) mass is 447 g/mol. The number of hydrogen-bond acceptors (Lipinski definition) is 8. The molecule has 0 aliphatic heterocycles. The average molecular weight is 448 g/mol. The molecule has 0 spiro atoms. The Morgan fingerprint density at radius 2 is 1.77 bits per heavy atom. The zero-order chi connectivity index (χ0) is 22.6. The molecule has 2 aromatic carbocycles. The molecule has 0 bridgehead atoms. The SMILES string of the molecule is CCOC(=O)[C@@H]1C/C(=N/OS(=O)(=O)c2ccc(C)cc2)c2ccc(OC)c(OC)c2C1. The van der Waals surface area contributed by atoms with Gasteiger partial charge in [-0.05, 0) is 44.5 Å². The lowest BCUT2D eigenvalue weighted by Gasteiger charge is -2.26. The van der Waals surface area contributed by atoms with Gasteiger partial charge in [-0.2, -0.15) is 8.42 Å². The van der Waals surface area contributed by atoms with E-state index in [2.05, 4.69) is 5.16 Å². The first-order valence-corrected chi connectivity index (χ1v) is 11.2. The lowest BCUT2D eigenvalue weighted by molar-refractivity contribution is -0.147. The molecule has 0 fully saturated rings. The van der Waals surface area contributed by atoms with E-state index >= 15 is 0 Å². The third-order valence-electron chi connectivity index (χ3n) is 5.02. The van der Waals surface area contributed by atoms with E-state index in [-0.39, 0.29) is 17.9 Å². The van der Waals surface area contributed by atoms with Gasteiger partial charge in [0.05, 0.1) is 32.5 Å². The molecule has 0 unspecified atom stereocenters. The van der Waals surface area contributed by atoms with E-state index in [0.717, 1.165) is 5.56 Å². The van der Waals surface area contributed by atoms with E-state index in [1.54, 1.807) is 31.2 Å². The highest BCUT2D eigenvalue weighted by Gasteiger charge is 2.33. The van der Waals surface area contributed by atoms with Gasteiger partial charge in [0.15, 0.2) is 11.5 Å². The first-order chi connectivity index (χ1) is 14.8. The number of aryl methyl sites for hydroxylation is 1. The number of esters is 1. The number of benzene rings is 2. The summed E-state index contributed by atoms with van der Waals surface area (Å²) in [5.74, 6) is 0.00592. The Balaban J connectivity index is 2.02. The topological polar surface area (TPSA) is 100 Å². The van der Waals surface area contributed by atoms with E-state index in [1.807, 2.05) is 6.92 Å². The number of ether oxygens (including phenoxy) is 3. The van der Waals surface area contributed by atoms with Gasteiger partial charge >= 0.3 is 16.1 Å². The molecule has 1 aliphatic carbocycles. The highest BCUT2D eigenvalue weighted by Crippen LogP contribution is 2.39. The van der Waals surface area contributed by atoms with Gasteiger partial charge < -0.3 is 14.2 Å². The molecule has 0 saturated heterocycles. The summed E-state index contributed by atoms with van der Waals surface area (Å²) in [5, 5.41) is 3.94. The summed E-state index contributed by atoms with van der Waals surface area (Å²) in [7, 11) is -1.10. The first kappa shape index (κ1) is 22.6. The summed E-state index contributed by atoms with van der Waals surface area (Å²) in [5.41, 5.74) is 2.55. The standard InChI is InChI=1S/C22H25NO7S/c1-5-29-22(24)15-12-18-17(10-11-20(27-3)21(18)28-4)19(13-15)23-30-31(25,26)16-8-6-14(2)7-9-16/h6-11,15H,5,12-13H2,1-4H3/b23-19-/t15-/m0/s1. The van der Waals surface area contributed by atoms with Crippen LogP contribution in [0.4, 0.5) is 0 Å². The van der Waals surface area contributed by atoms with Crippen LogP contribution in [0.25, 0.3) is 0 Å². The zero-order valence-electron chi connectivity index (χ0n) is 17.9. The number of rotatable bonds is 7. The van der Waals surface area contributed by atoms with Crippen molar-refractivity contribution in [2.24, 2.45) is 11.1 Å². The maximum absolute atomic E-state index is 12.6. The van der Waals surface area contributed by atoms with Gasteiger partial charge in [-0.15, -0.1) is 0 Å². The second-order valence-corrected chi connectivity index (χ2v) is 8.59. The Bertz CT molecular complexity index is 1090. The summed E-state index contributed by atoms with van der Waals surface area (Å²) in [6, 6.07) is 9.70. The fourth-order valence-corrected chi connectivity index (χ4v) is 4.22. The molecule has 8 nitrogen and oxygen atoms in total. The molecule has 0 heterocycles. The van der Waals surface area contributed by atoms with E-state index < -0.39 is 22.0 Å². The largest absolute Gasteiger partial charge is 0.493 e. The number of carbonyl (C=O) groups excluding carboxylic acids is 1. The van der Waals surface area contributed by atoms with Crippen molar-refractivity contribution in [1.29, 1.82) is 0 Å². The number of carbonyl (C=O) groups is 1. The van der Waals surface area contributed by atoms with Gasteiger partial charge in [0.2, 0.25) is 0 Å². The maximum atomic E-state index is 12.6. The molecular formula is C22H25NO7S. The number of fused-ring (bicyclic) bond motifs is 1. The molecular weight excluding hydrogens is 422 g/mol. The smallest absolute Gasteiger partial charge is 0.358 e. The van der Waals surface area contributed by atoms with Crippen molar-refractivity contribution < 1.29 is 31.7 Å². The molecule has 166 valence electrons. The number of hydrogen-bond donors (Lipinski definition) is 0. The van der Waals surface area contributed by atoms with Crippen molar-refractivity contribution in [3.05, 3.63) is 53.1 Å². The van der Waals surface area contributed by atoms with Crippen LogP contribution in [0.3, 0.4) is 0 Å². The van der Waals surface area contributed by atoms with Crippen LogP contribution in [0.2, 0.25) is 0 Å². The van der Waals surface area contributed by atoms with Crippen LogP contribution in [-0.4, -0.2) is 40.9 Å². The number of oxime groups is 1. The molecule has 0 N–H and O–H groups in total. The van der Waals surface area contributed by atoms with Crippen LogP contribution in [0.15, 0.2) is 46.4 Å². The lowest BCUT2D eigenvalue weighted by Crippen LogP contribution is -2.29. The zero-order valence-corrected chi connectivity index (χ0v) is 18.7. The van der Waals surface area contributed by atoms with Gasteiger partial charge in [0.25, 0.3) is 0 Å². The summed E-state index contributed by atoms with van der Waals surface area (Å²) >= 11 is 0. The maximum Gasteiger partial charge on any atom is 0.358 e. The number of nitrogens with zero attached hydrogens (tertiary/aromatic N) is 1. The fraction of sp³-hybridized carbons (Fsp3) is 0.364. The van der Waals surface area contributed by atoms with Crippen molar-refractivity contribution in [2.45, 2.75) is 31.6 Å². The predicted molar refractivity (Wildman–Crippen MR) is 114 cm³/mol. The Labute approximate surface area is 181 Å². The fourth-order valence-electron chi connectivity index (χ4n) is 3.48. The quantitative estimate of drug-likeness (QED) is 0.474. The van der Waals surface area contributed by atoms with Crippen molar-refractivity contribution in [1.82, 2.24) is 0 Å². The van der Waals surface area contributed by atoms with Crippen molar-refractivity contribution in [2.75, 3.05) is 20.8 Å². The van der Waals surface area contributed by atoms with Gasteiger partial charge in [0, 0.05) is 17.5 Å². The normalized spacial score (nSPS) is 17.0. The summed E-state index contributed by atoms with van der Waals surface area (Å²) < 4.78 is 46.2. The summed E-state index contributed by atoms with van der Waals surface area (Å²) in [4.78, 5) is 12.4. The van der Waals surface area contributed by atoms with E-state index in [0.29, 0.717) is 34.8 Å². The molecule has 9 heteroatoms. The van der Waals surface area contributed by atoms with Crippen molar-refractivity contribution in [3.63, 3.8) is 0 Å². The third kappa shape index (κ3) is 4.82. The van der Waals surface area contributed by atoms with Crippen LogP contribution in [0, 0.1) is 12.8 Å². The average Bonchev–Trinajstić information content (AvgIpc) is 2.76. The highest BCUT2D eigenvalue weighted by molar-refractivity contribution is 7.86. The Kier molecular flexibility index (Phi) is 6.84. The minimum Gasteiger partial charge on any atom is -0.493 e. The third-order valence-corrected chi connectivity index (χ3v) is 6.15. The van der Waals surface area contributed by atoms with Crippen LogP contribution in [0.1, 0.15) is 30.0 Å². The van der Waals surface area contributed by atoms with Crippen molar-refractivity contribution >= 4 is 21.8 Å². The molecule has 2 aromatic rings. The molecule has 0 radical (unpaired) electrons. The van der Waals surface area contributed by atoms with E-state index in [9.17, 15) is 13.2 Å². The molecule has 31 heavy (non-hydrogen) atoms. The second kappa shape index (κ2) is 9.38. The molecule has 0 aromatic heterocycles. The summed E-state index contributed by atoms with van der Waals surface area (Å²) in [6.07, 6.45) is 0.517. The van der Waals surface area contributed by atoms with Gasteiger partial charge in [0.1, 0.15) is 4.90 Å². The van der Waals surface area contributed by atoms with E-state index in [1.165, 1.54) is 26.4 Å². The molecule has 1 atom stereocenters. The lowest BCUT2D eigenvalue weighted by atomic mass is 9.82. The van der Waals surface area contributed by atoms with Gasteiger partial charge in [-0.1, -0.05) is 22.9 Å². The molecule has 1 aliphatic rings. The predicted octanol–water partition coefficient (Wildman–Crippen LogP) is 3.25. The minimum absolute atomic E-state index is 0.00672. The van der Waals surface area contributed by atoms with E-state index in [4.69, 9.17) is 18.5 Å². The Hall–Kier alpha value is -3.07. The van der Waals surface area contributed by atoms with Gasteiger partial charge in [-0.25, -0.2) is 0 Å². The van der Waals surface area contributed by atoms with Crippen LogP contribution < -0.4 is 9.47 Å². The molecule has 0 amide bonds. The molecule has 3 rings (SSSR count). The Morgan fingerprint density at radius 3 is 2.39 bits per heavy atom. The summed E-state index contributed by atoms with van der Waals surface area (Å²) in [6.45, 7) is 3.82. The molecule has 0 saturated carbocycles.